The van der Waals surface area contributed by atoms with Gasteiger partial charge in [-0.2, -0.15) is 0 Å². The zero-order valence-corrected chi connectivity index (χ0v) is 21.7. The third kappa shape index (κ3) is 4.59. The normalized spacial score (nSPS) is 16.3. The van der Waals surface area contributed by atoms with Gasteiger partial charge in [-0.1, -0.05) is 12.1 Å². The van der Waals surface area contributed by atoms with E-state index < -0.39 is 0 Å². The molecule has 0 bridgehead atoms. The minimum absolute atomic E-state index is 0.0290. The minimum Gasteiger partial charge on any atom is -0.493 e. The lowest BCUT2D eigenvalue weighted by Crippen LogP contribution is -2.35. The molecule has 38 heavy (non-hydrogen) atoms. The number of nitrogens with zero attached hydrogens (tertiary/aromatic N) is 3. The van der Waals surface area contributed by atoms with Crippen LogP contribution in [0.5, 0.6) is 17.2 Å². The maximum atomic E-state index is 13.0. The van der Waals surface area contributed by atoms with Gasteiger partial charge in [0.25, 0.3) is 5.91 Å². The van der Waals surface area contributed by atoms with E-state index in [9.17, 15) is 9.90 Å². The SMILES string of the molecule is COc1cc(-c2nc3ccccc3s2)ccc1OCCOc1cc2c(cc1CO)C(=O)N1CCC[C@H]1C=N2. The smallest absolute Gasteiger partial charge is 0.256 e. The fourth-order valence-corrected chi connectivity index (χ4v) is 5.85. The Balaban J connectivity index is 1.14. The van der Waals surface area contributed by atoms with E-state index in [4.69, 9.17) is 19.2 Å². The first-order valence-electron chi connectivity index (χ1n) is 12.6. The number of aliphatic hydroxyl groups excluding tert-OH is 1. The molecule has 194 valence electrons. The summed E-state index contributed by atoms with van der Waals surface area (Å²) in [5, 5.41) is 10.9. The van der Waals surface area contributed by atoms with Gasteiger partial charge in [-0.3, -0.25) is 9.79 Å². The van der Waals surface area contributed by atoms with Crippen LogP contribution in [-0.2, 0) is 6.61 Å². The standard InChI is InChI=1S/C29H27N3O5S/c1-35-26-14-18(28-31-22-6-2-3-7-27(22)38-28)8-9-24(26)36-11-12-37-25-15-23-21(13-19(25)17-33)29(34)32-10-4-5-20(32)16-30-23/h2-3,6-9,13-16,20,33H,4-5,10-12,17H2,1H3/t20-/m0/s1. The minimum atomic E-state index is -0.245. The summed E-state index contributed by atoms with van der Waals surface area (Å²) in [6.07, 6.45) is 3.73. The second-order valence-electron chi connectivity index (χ2n) is 9.17. The van der Waals surface area contributed by atoms with E-state index >= 15 is 0 Å². The third-order valence-corrected chi connectivity index (χ3v) is 7.91. The zero-order valence-electron chi connectivity index (χ0n) is 20.9. The first-order valence-corrected chi connectivity index (χ1v) is 13.4. The predicted octanol–water partition coefficient (Wildman–Crippen LogP) is 5.24. The van der Waals surface area contributed by atoms with Gasteiger partial charge in [-0.25, -0.2) is 4.98 Å². The van der Waals surface area contributed by atoms with Crippen LogP contribution in [0.2, 0.25) is 0 Å². The van der Waals surface area contributed by atoms with Crippen molar-refractivity contribution in [1.29, 1.82) is 0 Å². The fourth-order valence-electron chi connectivity index (χ4n) is 4.89. The number of aliphatic hydroxyl groups is 1. The Labute approximate surface area is 224 Å². The van der Waals surface area contributed by atoms with Gasteiger partial charge in [0.05, 0.1) is 41.2 Å². The van der Waals surface area contributed by atoms with Crippen LogP contribution in [0.1, 0.15) is 28.8 Å². The molecule has 1 amide bonds. The number of aliphatic imine (C=N–C) groups is 1. The number of benzene rings is 3. The summed E-state index contributed by atoms with van der Waals surface area (Å²) in [5.41, 5.74) is 3.53. The van der Waals surface area contributed by atoms with Gasteiger partial charge < -0.3 is 24.2 Å². The molecule has 1 N–H and O–H groups in total. The van der Waals surface area contributed by atoms with Crippen molar-refractivity contribution in [3.63, 3.8) is 0 Å². The van der Waals surface area contributed by atoms with Crippen LogP contribution in [0.15, 0.2) is 59.6 Å². The Morgan fingerprint density at radius 2 is 1.89 bits per heavy atom. The van der Waals surface area contributed by atoms with Crippen molar-refractivity contribution in [2.45, 2.75) is 25.5 Å². The molecule has 1 atom stereocenters. The zero-order chi connectivity index (χ0) is 26.1. The molecule has 2 aliphatic rings. The van der Waals surface area contributed by atoms with E-state index in [2.05, 4.69) is 11.1 Å². The van der Waals surface area contributed by atoms with Crippen LogP contribution in [0.4, 0.5) is 5.69 Å². The quantitative estimate of drug-likeness (QED) is 0.314. The van der Waals surface area contributed by atoms with Crippen molar-refractivity contribution in [3.8, 4) is 27.8 Å². The van der Waals surface area contributed by atoms with Gasteiger partial charge in [0.2, 0.25) is 0 Å². The third-order valence-electron chi connectivity index (χ3n) is 6.83. The number of ether oxygens (including phenoxy) is 3. The van der Waals surface area contributed by atoms with E-state index in [0.29, 0.717) is 34.1 Å². The highest BCUT2D eigenvalue weighted by atomic mass is 32.1. The molecular formula is C29H27N3O5S. The molecule has 0 aliphatic carbocycles. The number of fused-ring (bicyclic) bond motifs is 3. The molecule has 6 rings (SSSR count). The molecule has 0 unspecified atom stereocenters. The second kappa shape index (κ2) is 10.4. The fraction of sp³-hybridized carbons (Fsp3) is 0.276. The average Bonchev–Trinajstić information content (AvgIpc) is 3.58. The van der Waals surface area contributed by atoms with Gasteiger partial charge in [-0.05, 0) is 49.2 Å². The first-order chi connectivity index (χ1) is 18.6. The Morgan fingerprint density at radius 1 is 1.05 bits per heavy atom. The highest BCUT2D eigenvalue weighted by molar-refractivity contribution is 7.21. The number of amides is 1. The van der Waals surface area contributed by atoms with Crippen molar-refractivity contribution >= 4 is 39.4 Å². The molecule has 0 radical (unpaired) electrons. The van der Waals surface area contributed by atoms with Crippen molar-refractivity contribution in [2.75, 3.05) is 26.9 Å². The van der Waals surface area contributed by atoms with Crippen LogP contribution < -0.4 is 14.2 Å². The van der Waals surface area contributed by atoms with Crippen LogP contribution in [0.3, 0.4) is 0 Å². The number of para-hydroxylation sites is 1. The molecule has 0 saturated carbocycles. The van der Waals surface area contributed by atoms with Crippen molar-refractivity contribution in [1.82, 2.24) is 9.88 Å². The highest BCUT2D eigenvalue weighted by Crippen LogP contribution is 2.37. The van der Waals surface area contributed by atoms with Crippen LogP contribution in [0.25, 0.3) is 20.8 Å². The number of carbonyl (C=O) groups excluding carboxylic acids is 1. The summed E-state index contributed by atoms with van der Waals surface area (Å²) in [6.45, 7) is 0.979. The summed E-state index contributed by atoms with van der Waals surface area (Å²) in [4.78, 5) is 24.2. The number of carbonyl (C=O) groups is 1. The van der Waals surface area contributed by atoms with Gasteiger partial charge in [0.1, 0.15) is 24.0 Å². The first kappa shape index (κ1) is 24.4. The van der Waals surface area contributed by atoms with Crippen LogP contribution in [-0.4, -0.2) is 60.0 Å². The Bertz CT molecular complexity index is 1500. The molecule has 3 aromatic carbocycles. The van der Waals surface area contributed by atoms with Crippen molar-refractivity contribution < 1.29 is 24.1 Å². The van der Waals surface area contributed by atoms with Crippen LogP contribution in [0, 0.1) is 0 Å². The molecule has 4 aromatic rings. The lowest BCUT2D eigenvalue weighted by molar-refractivity contribution is 0.0774. The molecule has 1 aromatic heterocycles. The van der Waals surface area contributed by atoms with Gasteiger partial charge >= 0.3 is 0 Å². The Hall–Kier alpha value is -3.95. The van der Waals surface area contributed by atoms with Gasteiger partial charge in [-0.15, -0.1) is 11.3 Å². The number of thiazole rings is 1. The Morgan fingerprint density at radius 3 is 2.71 bits per heavy atom. The van der Waals surface area contributed by atoms with E-state index in [-0.39, 0.29) is 31.8 Å². The molecule has 9 heteroatoms. The maximum Gasteiger partial charge on any atom is 0.256 e. The largest absolute Gasteiger partial charge is 0.493 e. The van der Waals surface area contributed by atoms with Crippen molar-refractivity contribution in [3.05, 3.63) is 65.7 Å². The summed E-state index contributed by atoms with van der Waals surface area (Å²) >= 11 is 1.63. The summed E-state index contributed by atoms with van der Waals surface area (Å²) < 4.78 is 18.6. The molecule has 8 nitrogen and oxygen atoms in total. The van der Waals surface area contributed by atoms with Crippen LogP contribution >= 0.6 is 11.3 Å². The van der Waals surface area contributed by atoms with Gasteiger partial charge in [0.15, 0.2) is 11.5 Å². The highest BCUT2D eigenvalue weighted by Gasteiger charge is 2.32. The van der Waals surface area contributed by atoms with Gasteiger partial charge in [0, 0.05) is 30.0 Å². The molecule has 0 spiro atoms. The van der Waals surface area contributed by atoms with E-state index in [1.54, 1.807) is 30.6 Å². The maximum absolute atomic E-state index is 13.0. The molecule has 2 aliphatic heterocycles. The summed E-state index contributed by atoms with van der Waals surface area (Å²) in [7, 11) is 1.61. The summed E-state index contributed by atoms with van der Waals surface area (Å²) in [5.74, 6) is 1.64. The number of methoxy groups -OCH3 is 1. The van der Waals surface area contributed by atoms with E-state index in [1.165, 1.54) is 0 Å². The number of hydrogen-bond acceptors (Lipinski definition) is 8. The summed E-state index contributed by atoms with van der Waals surface area (Å²) in [6, 6.07) is 17.3. The number of hydrogen-bond donors (Lipinski definition) is 1. The second-order valence-corrected chi connectivity index (χ2v) is 10.2. The monoisotopic (exact) mass is 529 g/mol. The average molecular weight is 530 g/mol. The number of aromatic nitrogens is 1. The van der Waals surface area contributed by atoms with E-state index in [0.717, 1.165) is 40.2 Å². The predicted molar refractivity (Wildman–Crippen MR) is 147 cm³/mol. The molecular weight excluding hydrogens is 502 g/mol. The molecule has 1 fully saturated rings. The van der Waals surface area contributed by atoms with E-state index in [1.807, 2.05) is 47.5 Å². The lowest BCUT2D eigenvalue weighted by Gasteiger charge is -2.20. The molecule has 1 saturated heterocycles. The molecule has 3 heterocycles. The van der Waals surface area contributed by atoms with Crippen molar-refractivity contribution in [2.24, 2.45) is 4.99 Å². The number of rotatable bonds is 8. The lowest BCUT2D eigenvalue weighted by atomic mass is 10.1. The Kier molecular flexibility index (Phi) is 6.70. The topological polar surface area (TPSA) is 93.5 Å².